The Morgan fingerprint density at radius 1 is 1.15 bits per heavy atom. The van der Waals surface area contributed by atoms with Gasteiger partial charge in [0.2, 0.25) is 0 Å². The fourth-order valence-corrected chi connectivity index (χ4v) is 2.18. The Morgan fingerprint density at radius 2 is 1.81 bits per heavy atom. The maximum Gasteiger partial charge on any atom is 0.311 e. The third-order valence-electron chi connectivity index (χ3n) is 3.54. The van der Waals surface area contributed by atoms with Crippen molar-refractivity contribution in [3.8, 4) is 5.75 Å². The maximum absolute atomic E-state index is 12.1. The number of hydrogen-bond donors (Lipinski definition) is 1. The Balaban J connectivity index is 1.94. The van der Waals surface area contributed by atoms with Gasteiger partial charge in [-0.05, 0) is 30.7 Å². The second kappa shape index (κ2) is 8.61. The predicted octanol–water partition coefficient (Wildman–Crippen LogP) is 2.72. The summed E-state index contributed by atoms with van der Waals surface area (Å²) in [5, 5.41) is 13.4. The summed E-state index contributed by atoms with van der Waals surface area (Å²) in [5.74, 6) is -0.568. The number of methoxy groups -OCH3 is 1. The van der Waals surface area contributed by atoms with Gasteiger partial charge in [-0.15, -0.1) is 0 Å². The predicted molar refractivity (Wildman–Crippen MR) is 94.0 cm³/mol. The van der Waals surface area contributed by atoms with E-state index >= 15 is 0 Å². The Hall–Kier alpha value is -3.42. The highest BCUT2D eigenvalue weighted by atomic mass is 16.6. The molecule has 0 unspecified atom stereocenters. The molecule has 2 aromatic carbocycles. The number of rotatable bonds is 7. The molecule has 0 radical (unpaired) electrons. The topological polar surface area (TPSA) is 108 Å². The van der Waals surface area contributed by atoms with Gasteiger partial charge in [-0.3, -0.25) is 19.7 Å². The van der Waals surface area contributed by atoms with E-state index in [1.807, 2.05) is 0 Å². The van der Waals surface area contributed by atoms with Gasteiger partial charge in [0.25, 0.3) is 11.6 Å². The second-order valence-corrected chi connectivity index (χ2v) is 5.42. The summed E-state index contributed by atoms with van der Waals surface area (Å²) in [4.78, 5) is 34.5. The number of para-hydroxylation sites is 2. The highest BCUT2D eigenvalue weighted by Gasteiger charge is 2.21. The minimum atomic E-state index is -1.10. The lowest BCUT2D eigenvalue weighted by Crippen LogP contribution is -2.30. The molecule has 0 bridgehead atoms. The molecule has 0 aromatic heterocycles. The molecule has 8 heteroatoms. The Morgan fingerprint density at radius 3 is 2.42 bits per heavy atom. The van der Waals surface area contributed by atoms with Crippen molar-refractivity contribution < 1.29 is 24.0 Å². The largest absolute Gasteiger partial charge is 0.497 e. The standard InChI is InChI=1S/C18H18N2O6/c1-12(18(22)19-15-5-3-4-6-16(15)20(23)24)26-17(21)11-13-7-9-14(25-2)10-8-13/h3-10,12H,11H2,1-2H3,(H,19,22)/t12-/m1/s1. The molecule has 1 atom stereocenters. The summed E-state index contributed by atoms with van der Waals surface area (Å²) in [5.41, 5.74) is 0.514. The van der Waals surface area contributed by atoms with Gasteiger partial charge in [0, 0.05) is 6.07 Å². The number of ether oxygens (including phenoxy) is 2. The number of hydrogen-bond acceptors (Lipinski definition) is 6. The molecule has 136 valence electrons. The van der Waals surface area contributed by atoms with Crippen LogP contribution in [0.1, 0.15) is 12.5 Å². The zero-order chi connectivity index (χ0) is 19.1. The number of carbonyl (C=O) groups is 2. The smallest absolute Gasteiger partial charge is 0.311 e. The number of nitrogens with zero attached hydrogens (tertiary/aromatic N) is 1. The molecule has 0 heterocycles. The molecule has 1 N–H and O–H groups in total. The maximum atomic E-state index is 12.1. The minimum Gasteiger partial charge on any atom is -0.497 e. The van der Waals surface area contributed by atoms with Crippen LogP contribution in [0.2, 0.25) is 0 Å². The zero-order valence-electron chi connectivity index (χ0n) is 14.3. The lowest BCUT2D eigenvalue weighted by molar-refractivity contribution is -0.383. The van der Waals surface area contributed by atoms with Gasteiger partial charge in [0.05, 0.1) is 18.5 Å². The molecular weight excluding hydrogens is 340 g/mol. The molecule has 0 fully saturated rings. The van der Waals surface area contributed by atoms with Crippen molar-refractivity contribution in [3.63, 3.8) is 0 Å². The molecule has 0 aliphatic rings. The summed E-state index contributed by atoms with van der Waals surface area (Å²) in [6.45, 7) is 1.40. The number of amides is 1. The number of nitrogens with one attached hydrogen (secondary N) is 1. The first-order valence-corrected chi connectivity index (χ1v) is 7.77. The third kappa shape index (κ3) is 5.04. The summed E-state index contributed by atoms with van der Waals surface area (Å²) in [7, 11) is 1.54. The van der Waals surface area contributed by atoms with E-state index in [-0.39, 0.29) is 17.8 Å². The average molecular weight is 358 g/mol. The van der Waals surface area contributed by atoms with E-state index in [0.29, 0.717) is 11.3 Å². The molecule has 0 aliphatic heterocycles. The monoisotopic (exact) mass is 358 g/mol. The van der Waals surface area contributed by atoms with E-state index < -0.39 is 22.9 Å². The molecule has 0 aliphatic carbocycles. The summed E-state index contributed by atoms with van der Waals surface area (Å²) in [6.07, 6.45) is -1.10. The van der Waals surface area contributed by atoms with Gasteiger partial charge in [-0.25, -0.2) is 0 Å². The molecule has 2 rings (SSSR count). The summed E-state index contributed by atoms with van der Waals surface area (Å²) < 4.78 is 10.1. The van der Waals surface area contributed by atoms with Crippen molar-refractivity contribution in [3.05, 3.63) is 64.2 Å². The molecular formula is C18H18N2O6. The van der Waals surface area contributed by atoms with Crippen LogP contribution in [-0.2, 0) is 20.7 Å². The van der Waals surface area contributed by atoms with Gasteiger partial charge in [0.1, 0.15) is 11.4 Å². The quantitative estimate of drug-likeness (QED) is 0.463. The van der Waals surface area contributed by atoms with Gasteiger partial charge in [-0.1, -0.05) is 24.3 Å². The first-order chi connectivity index (χ1) is 12.4. The molecule has 0 saturated heterocycles. The van der Waals surface area contributed by atoms with E-state index in [1.54, 1.807) is 37.4 Å². The molecule has 8 nitrogen and oxygen atoms in total. The number of carbonyl (C=O) groups excluding carboxylic acids is 2. The SMILES string of the molecule is COc1ccc(CC(=O)O[C@H](C)C(=O)Nc2ccccc2[N+](=O)[O-])cc1. The first kappa shape index (κ1) is 18.9. The Kier molecular flexibility index (Phi) is 6.26. The van der Waals surface area contributed by atoms with E-state index in [9.17, 15) is 19.7 Å². The Labute approximate surface area is 149 Å². The van der Waals surface area contributed by atoms with Crippen molar-refractivity contribution in [2.45, 2.75) is 19.4 Å². The van der Waals surface area contributed by atoms with Crippen LogP contribution in [0.5, 0.6) is 5.75 Å². The fraction of sp³-hybridized carbons (Fsp3) is 0.222. The fourth-order valence-electron chi connectivity index (χ4n) is 2.18. The van der Waals surface area contributed by atoms with Crippen LogP contribution in [0.15, 0.2) is 48.5 Å². The van der Waals surface area contributed by atoms with Crippen molar-refractivity contribution >= 4 is 23.3 Å². The van der Waals surface area contributed by atoms with Crippen molar-refractivity contribution in [2.24, 2.45) is 0 Å². The molecule has 1 amide bonds. The molecule has 2 aromatic rings. The summed E-state index contributed by atoms with van der Waals surface area (Å²) in [6, 6.07) is 12.6. The lowest BCUT2D eigenvalue weighted by Gasteiger charge is -2.13. The van der Waals surface area contributed by atoms with Gasteiger partial charge in [0.15, 0.2) is 6.10 Å². The lowest BCUT2D eigenvalue weighted by atomic mass is 10.1. The zero-order valence-corrected chi connectivity index (χ0v) is 14.3. The van der Waals surface area contributed by atoms with Crippen LogP contribution in [0.4, 0.5) is 11.4 Å². The minimum absolute atomic E-state index is 0.00685. The van der Waals surface area contributed by atoms with E-state index in [1.165, 1.54) is 25.1 Å². The number of nitro benzene ring substituents is 1. The van der Waals surface area contributed by atoms with E-state index in [0.717, 1.165) is 0 Å². The van der Waals surface area contributed by atoms with Crippen molar-refractivity contribution in [1.82, 2.24) is 0 Å². The van der Waals surface area contributed by atoms with Crippen LogP contribution >= 0.6 is 0 Å². The van der Waals surface area contributed by atoms with Crippen LogP contribution in [0, 0.1) is 10.1 Å². The molecule has 26 heavy (non-hydrogen) atoms. The van der Waals surface area contributed by atoms with Gasteiger partial charge < -0.3 is 14.8 Å². The molecule has 0 spiro atoms. The first-order valence-electron chi connectivity index (χ1n) is 7.77. The van der Waals surface area contributed by atoms with E-state index in [2.05, 4.69) is 5.32 Å². The normalized spacial score (nSPS) is 11.3. The number of benzene rings is 2. The highest BCUT2D eigenvalue weighted by molar-refractivity contribution is 5.96. The number of esters is 1. The van der Waals surface area contributed by atoms with Gasteiger partial charge >= 0.3 is 5.97 Å². The Bertz CT molecular complexity index is 804. The van der Waals surface area contributed by atoms with Crippen LogP contribution < -0.4 is 10.1 Å². The van der Waals surface area contributed by atoms with Crippen LogP contribution in [-0.4, -0.2) is 30.0 Å². The number of nitro groups is 1. The van der Waals surface area contributed by atoms with Crippen molar-refractivity contribution in [1.29, 1.82) is 0 Å². The van der Waals surface area contributed by atoms with Crippen LogP contribution in [0.25, 0.3) is 0 Å². The average Bonchev–Trinajstić information content (AvgIpc) is 2.62. The number of anilines is 1. The van der Waals surface area contributed by atoms with E-state index in [4.69, 9.17) is 9.47 Å². The van der Waals surface area contributed by atoms with Gasteiger partial charge in [-0.2, -0.15) is 0 Å². The molecule has 0 saturated carbocycles. The highest BCUT2D eigenvalue weighted by Crippen LogP contribution is 2.23. The second-order valence-electron chi connectivity index (χ2n) is 5.42. The van der Waals surface area contributed by atoms with Crippen molar-refractivity contribution in [2.75, 3.05) is 12.4 Å². The van der Waals surface area contributed by atoms with Crippen LogP contribution in [0.3, 0.4) is 0 Å². The summed E-state index contributed by atoms with van der Waals surface area (Å²) >= 11 is 0. The third-order valence-corrected chi connectivity index (χ3v) is 3.54.